The first-order chi connectivity index (χ1) is 10.2. The molecule has 4 unspecified atom stereocenters. The van der Waals surface area contributed by atoms with Gasteiger partial charge in [0.1, 0.15) is 5.54 Å². The molecule has 0 spiro atoms. The van der Waals surface area contributed by atoms with Crippen LogP contribution in [0.1, 0.15) is 51.9 Å². The van der Waals surface area contributed by atoms with Gasteiger partial charge >= 0.3 is 5.97 Å². The number of esters is 1. The van der Waals surface area contributed by atoms with Crippen LogP contribution < -0.4 is 5.32 Å². The summed E-state index contributed by atoms with van der Waals surface area (Å²) in [5.74, 6) is 1.81. The van der Waals surface area contributed by atoms with Gasteiger partial charge in [-0.25, -0.2) is 0 Å². The molecule has 120 valence electrons. The molecule has 0 aromatic rings. The number of ether oxygens (including phenoxy) is 1. The normalized spacial score (nSPS) is 40.2. The summed E-state index contributed by atoms with van der Waals surface area (Å²) in [5.41, 5.74) is -0.448. The van der Waals surface area contributed by atoms with E-state index in [2.05, 4.69) is 10.2 Å². The lowest BCUT2D eigenvalue weighted by atomic mass is 9.78. The third-order valence-corrected chi connectivity index (χ3v) is 6.14. The van der Waals surface area contributed by atoms with Crippen LogP contribution in [0.3, 0.4) is 0 Å². The van der Waals surface area contributed by atoms with E-state index in [1.807, 2.05) is 14.0 Å². The summed E-state index contributed by atoms with van der Waals surface area (Å²) >= 11 is 0. The summed E-state index contributed by atoms with van der Waals surface area (Å²) in [6.45, 7) is 4.89. The minimum absolute atomic E-state index is 0.0448. The van der Waals surface area contributed by atoms with Gasteiger partial charge in [-0.2, -0.15) is 0 Å². The standard InChI is InChI=1S/C17H30N2O2/c1-3-21-16(20)17(18-2)9-5-8-15(10-17)19-11-13-6-4-7-14(13)12-19/h13-15,18H,3-12H2,1-2H3. The van der Waals surface area contributed by atoms with Gasteiger partial charge in [-0.3, -0.25) is 9.69 Å². The minimum atomic E-state index is -0.448. The molecule has 4 atom stereocenters. The lowest BCUT2D eigenvalue weighted by molar-refractivity contribution is -0.153. The fourth-order valence-corrected chi connectivity index (χ4v) is 4.91. The van der Waals surface area contributed by atoms with Crippen molar-refractivity contribution in [2.24, 2.45) is 11.8 Å². The Morgan fingerprint density at radius 3 is 2.57 bits per heavy atom. The molecule has 2 saturated carbocycles. The van der Waals surface area contributed by atoms with Crippen molar-refractivity contribution >= 4 is 5.97 Å². The molecule has 0 amide bonds. The number of nitrogens with one attached hydrogen (secondary N) is 1. The number of fused-ring (bicyclic) bond motifs is 1. The third-order valence-electron chi connectivity index (χ3n) is 6.14. The maximum Gasteiger partial charge on any atom is 0.326 e. The second kappa shape index (κ2) is 6.25. The van der Waals surface area contributed by atoms with Gasteiger partial charge in [0.25, 0.3) is 0 Å². The average molecular weight is 294 g/mol. The van der Waals surface area contributed by atoms with E-state index >= 15 is 0 Å². The Labute approximate surface area is 128 Å². The van der Waals surface area contributed by atoms with Gasteiger partial charge in [-0.1, -0.05) is 6.42 Å². The number of carbonyl (C=O) groups excluding carboxylic acids is 1. The topological polar surface area (TPSA) is 41.6 Å². The van der Waals surface area contributed by atoms with Crippen molar-refractivity contribution in [2.45, 2.75) is 63.5 Å². The molecule has 0 radical (unpaired) electrons. The van der Waals surface area contributed by atoms with Crippen molar-refractivity contribution in [3.05, 3.63) is 0 Å². The van der Waals surface area contributed by atoms with Gasteiger partial charge in [-0.15, -0.1) is 0 Å². The number of likely N-dealkylation sites (tertiary alicyclic amines) is 1. The van der Waals surface area contributed by atoms with Crippen molar-refractivity contribution in [1.82, 2.24) is 10.2 Å². The third kappa shape index (κ3) is 2.85. The van der Waals surface area contributed by atoms with E-state index in [4.69, 9.17) is 4.74 Å². The van der Waals surface area contributed by atoms with Crippen LogP contribution in [0.25, 0.3) is 0 Å². The summed E-state index contributed by atoms with van der Waals surface area (Å²) in [5, 5.41) is 3.30. The van der Waals surface area contributed by atoms with Gasteiger partial charge in [0.05, 0.1) is 6.61 Å². The second-order valence-electron chi connectivity index (χ2n) is 7.21. The molecule has 0 bridgehead atoms. The highest BCUT2D eigenvalue weighted by Crippen LogP contribution is 2.41. The van der Waals surface area contributed by atoms with Gasteiger partial charge in [0.15, 0.2) is 0 Å². The molecular formula is C17H30N2O2. The molecule has 1 heterocycles. The Morgan fingerprint density at radius 2 is 1.95 bits per heavy atom. The van der Waals surface area contributed by atoms with E-state index in [-0.39, 0.29) is 5.97 Å². The average Bonchev–Trinajstić information content (AvgIpc) is 3.08. The van der Waals surface area contributed by atoms with Crippen molar-refractivity contribution < 1.29 is 9.53 Å². The minimum Gasteiger partial charge on any atom is -0.465 e. The fraction of sp³-hybridized carbons (Fsp3) is 0.941. The molecule has 21 heavy (non-hydrogen) atoms. The highest BCUT2D eigenvalue weighted by Gasteiger charge is 2.46. The Bertz CT molecular complexity index is 375. The lowest BCUT2D eigenvalue weighted by Gasteiger charge is -2.42. The van der Waals surface area contributed by atoms with Crippen molar-refractivity contribution in [3.8, 4) is 0 Å². The maximum atomic E-state index is 12.4. The molecule has 4 nitrogen and oxygen atoms in total. The smallest absolute Gasteiger partial charge is 0.326 e. The first-order valence-corrected chi connectivity index (χ1v) is 8.78. The summed E-state index contributed by atoms with van der Waals surface area (Å²) in [4.78, 5) is 15.1. The van der Waals surface area contributed by atoms with Crippen molar-refractivity contribution in [3.63, 3.8) is 0 Å². The molecular weight excluding hydrogens is 264 g/mol. The van der Waals surface area contributed by atoms with E-state index in [1.54, 1.807) is 0 Å². The largest absolute Gasteiger partial charge is 0.465 e. The number of nitrogens with zero attached hydrogens (tertiary/aromatic N) is 1. The second-order valence-corrected chi connectivity index (χ2v) is 7.21. The summed E-state index contributed by atoms with van der Waals surface area (Å²) < 4.78 is 5.34. The van der Waals surface area contributed by atoms with E-state index in [0.717, 1.165) is 31.1 Å². The fourth-order valence-electron chi connectivity index (χ4n) is 4.91. The molecule has 3 fully saturated rings. The lowest BCUT2D eigenvalue weighted by Crippen LogP contribution is -2.57. The monoisotopic (exact) mass is 294 g/mol. The molecule has 1 saturated heterocycles. The maximum absolute atomic E-state index is 12.4. The van der Waals surface area contributed by atoms with Crippen LogP contribution in [-0.4, -0.2) is 49.2 Å². The highest BCUT2D eigenvalue weighted by atomic mass is 16.5. The van der Waals surface area contributed by atoms with E-state index in [9.17, 15) is 4.79 Å². The molecule has 0 aromatic carbocycles. The zero-order valence-corrected chi connectivity index (χ0v) is 13.6. The predicted octanol–water partition coefficient (Wildman–Crippen LogP) is 2.18. The first-order valence-electron chi connectivity index (χ1n) is 8.78. The number of hydrogen-bond acceptors (Lipinski definition) is 4. The number of hydrogen-bond donors (Lipinski definition) is 1. The number of likely N-dealkylation sites (N-methyl/N-ethyl adjacent to an activating group) is 1. The predicted molar refractivity (Wildman–Crippen MR) is 83.1 cm³/mol. The molecule has 3 aliphatic rings. The summed E-state index contributed by atoms with van der Waals surface area (Å²) in [6, 6.07) is 0.557. The Hall–Kier alpha value is -0.610. The van der Waals surface area contributed by atoms with E-state index in [1.165, 1.54) is 38.8 Å². The van der Waals surface area contributed by atoms with Gasteiger partial charge in [0, 0.05) is 19.1 Å². The molecule has 1 aliphatic heterocycles. The molecule has 2 aliphatic carbocycles. The zero-order valence-electron chi connectivity index (χ0n) is 13.6. The highest BCUT2D eigenvalue weighted by molar-refractivity contribution is 5.81. The van der Waals surface area contributed by atoms with Crippen LogP contribution in [0.4, 0.5) is 0 Å². The van der Waals surface area contributed by atoms with Gasteiger partial charge < -0.3 is 10.1 Å². The Kier molecular flexibility index (Phi) is 4.55. The molecule has 3 rings (SSSR count). The van der Waals surface area contributed by atoms with Crippen LogP contribution in [-0.2, 0) is 9.53 Å². The van der Waals surface area contributed by atoms with Crippen LogP contribution >= 0.6 is 0 Å². The quantitative estimate of drug-likeness (QED) is 0.807. The van der Waals surface area contributed by atoms with Gasteiger partial charge in [-0.05, 0) is 64.3 Å². The molecule has 1 N–H and O–H groups in total. The Morgan fingerprint density at radius 1 is 1.24 bits per heavy atom. The molecule has 0 aromatic heterocycles. The van der Waals surface area contributed by atoms with Crippen molar-refractivity contribution in [1.29, 1.82) is 0 Å². The van der Waals surface area contributed by atoms with Crippen LogP contribution in [0.15, 0.2) is 0 Å². The summed E-state index contributed by atoms with van der Waals surface area (Å²) in [7, 11) is 1.91. The summed E-state index contributed by atoms with van der Waals surface area (Å²) in [6.07, 6.45) is 8.46. The first kappa shape index (κ1) is 15.3. The van der Waals surface area contributed by atoms with Crippen LogP contribution in [0.2, 0.25) is 0 Å². The van der Waals surface area contributed by atoms with E-state index in [0.29, 0.717) is 12.6 Å². The zero-order chi connectivity index (χ0) is 14.9. The SMILES string of the molecule is CCOC(=O)C1(NC)CCCC(N2CC3CCCC3C2)C1. The Balaban J connectivity index is 1.66. The molecule has 4 heteroatoms. The number of rotatable bonds is 4. The van der Waals surface area contributed by atoms with Gasteiger partial charge in [0.2, 0.25) is 0 Å². The van der Waals surface area contributed by atoms with Crippen molar-refractivity contribution in [2.75, 3.05) is 26.7 Å². The van der Waals surface area contributed by atoms with E-state index < -0.39 is 5.54 Å². The van der Waals surface area contributed by atoms with Crippen LogP contribution in [0, 0.1) is 11.8 Å². The van der Waals surface area contributed by atoms with Crippen LogP contribution in [0.5, 0.6) is 0 Å². The number of carbonyl (C=O) groups is 1.